The Morgan fingerprint density at radius 2 is 1.77 bits per heavy atom. The molecular formula is C23H35N3O5. The zero-order chi connectivity index (χ0) is 23.0. The van der Waals surface area contributed by atoms with Crippen molar-refractivity contribution in [3.8, 4) is 0 Å². The predicted octanol–water partition coefficient (Wildman–Crippen LogP) is 3.85. The molecule has 1 aliphatic rings. The number of nitrogens with one attached hydrogen (secondary N) is 2. The van der Waals surface area contributed by atoms with E-state index in [4.69, 9.17) is 9.47 Å². The molecule has 0 aromatic heterocycles. The van der Waals surface area contributed by atoms with Crippen LogP contribution in [0, 0.1) is 0 Å². The maximum absolute atomic E-state index is 12.4. The van der Waals surface area contributed by atoms with Crippen molar-refractivity contribution >= 4 is 29.3 Å². The molecule has 1 aliphatic carbocycles. The third-order valence-corrected chi connectivity index (χ3v) is 5.11. The molecular weight excluding hydrogens is 398 g/mol. The topological polar surface area (TPSA) is 97.0 Å². The number of carbonyl (C=O) groups is 3. The summed E-state index contributed by atoms with van der Waals surface area (Å²) in [4.78, 5) is 38.6. The number of methoxy groups -OCH3 is 1. The Hall–Kier alpha value is -2.77. The molecule has 1 saturated carbocycles. The van der Waals surface area contributed by atoms with Crippen LogP contribution < -0.4 is 15.5 Å². The average molecular weight is 434 g/mol. The van der Waals surface area contributed by atoms with Gasteiger partial charge in [0.2, 0.25) is 5.91 Å². The van der Waals surface area contributed by atoms with Crippen molar-refractivity contribution in [2.24, 2.45) is 0 Å². The lowest BCUT2D eigenvalue weighted by Crippen LogP contribution is -2.51. The van der Waals surface area contributed by atoms with Gasteiger partial charge in [-0.05, 0) is 45.7 Å². The predicted molar refractivity (Wildman–Crippen MR) is 120 cm³/mol. The van der Waals surface area contributed by atoms with E-state index in [1.165, 1.54) is 20.5 Å². The Kier molecular flexibility index (Phi) is 8.71. The maximum Gasteiger partial charge on any atom is 0.412 e. The van der Waals surface area contributed by atoms with Crippen LogP contribution in [-0.4, -0.2) is 49.3 Å². The second-order valence-electron chi connectivity index (χ2n) is 8.86. The van der Waals surface area contributed by atoms with Crippen LogP contribution in [0.25, 0.3) is 0 Å². The highest BCUT2D eigenvalue weighted by Crippen LogP contribution is 2.33. The summed E-state index contributed by atoms with van der Waals surface area (Å²) in [5, 5.41) is 5.53. The van der Waals surface area contributed by atoms with Gasteiger partial charge in [0, 0.05) is 19.5 Å². The lowest BCUT2D eigenvalue weighted by atomic mass is 9.93. The van der Waals surface area contributed by atoms with Crippen LogP contribution >= 0.6 is 0 Å². The van der Waals surface area contributed by atoms with Gasteiger partial charge in [0.25, 0.3) is 0 Å². The van der Waals surface area contributed by atoms with E-state index in [0.717, 1.165) is 31.4 Å². The van der Waals surface area contributed by atoms with E-state index < -0.39 is 23.7 Å². The van der Waals surface area contributed by atoms with Crippen molar-refractivity contribution in [1.29, 1.82) is 0 Å². The number of benzene rings is 1. The van der Waals surface area contributed by atoms with Gasteiger partial charge in [-0.15, -0.1) is 0 Å². The number of amides is 2. The zero-order valence-electron chi connectivity index (χ0n) is 19.2. The molecule has 172 valence electrons. The van der Waals surface area contributed by atoms with E-state index >= 15 is 0 Å². The molecule has 2 rings (SSSR count). The Balaban J connectivity index is 2.36. The highest BCUT2D eigenvalue weighted by molar-refractivity contribution is 5.90. The van der Waals surface area contributed by atoms with E-state index in [0.29, 0.717) is 5.69 Å². The molecule has 0 heterocycles. The Morgan fingerprint density at radius 3 is 2.35 bits per heavy atom. The molecule has 2 N–H and O–H groups in total. The molecule has 1 fully saturated rings. The Labute approximate surface area is 184 Å². The van der Waals surface area contributed by atoms with Gasteiger partial charge in [-0.3, -0.25) is 10.1 Å². The van der Waals surface area contributed by atoms with Gasteiger partial charge in [0.05, 0.1) is 18.5 Å². The van der Waals surface area contributed by atoms with Gasteiger partial charge in [-0.25, -0.2) is 9.59 Å². The summed E-state index contributed by atoms with van der Waals surface area (Å²) in [6.45, 7) is 7.03. The number of para-hydroxylation sites is 2. The molecule has 0 saturated heterocycles. The molecule has 8 heteroatoms. The lowest BCUT2D eigenvalue weighted by Gasteiger charge is -2.39. The monoisotopic (exact) mass is 433 g/mol. The first-order valence-corrected chi connectivity index (χ1v) is 10.8. The van der Waals surface area contributed by atoms with Gasteiger partial charge < -0.3 is 19.7 Å². The van der Waals surface area contributed by atoms with Crippen molar-refractivity contribution in [1.82, 2.24) is 5.32 Å². The van der Waals surface area contributed by atoms with Crippen LogP contribution in [-0.2, 0) is 19.1 Å². The third-order valence-electron chi connectivity index (χ3n) is 5.11. The highest BCUT2D eigenvalue weighted by atomic mass is 16.6. The van der Waals surface area contributed by atoms with Crippen LogP contribution in [0.15, 0.2) is 24.3 Å². The van der Waals surface area contributed by atoms with E-state index in [1.54, 1.807) is 26.8 Å². The molecule has 0 spiro atoms. The van der Waals surface area contributed by atoms with E-state index in [9.17, 15) is 14.4 Å². The second kappa shape index (κ2) is 11.0. The second-order valence-corrected chi connectivity index (χ2v) is 8.86. The van der Waals surface area contributed by atoms with Crippen LogP contribution in [0.5, 0.6) is 0 Å². The Bertz CT molecular complexity index is 769. The van der Waals surface area contributed by atoms with Gasteiger partial charge in [-0.2, -0.15) is 0 Å². The first-order chi connectivity index (χ1) is 14.6. The normalized spacial score (nSPS) is 15.5. The van der Waals surface area contributed by atoms with Gasteiger partial charge in [0.15, 0.2) is 0 Å². The number of ether oxygens (including phenoxy) is 2. The molecule has 0 unspecified atom stereocenters. The number of hydrogen-bond acceptors (Lipinski definition) is 6. The fourth-order valence-corrected chi connectivity index (χ4v) is 3.84. The van der Waals surface area contributed by atoms with Gasteiger partial charge >= 0.3 is 12.1 Å². The van der Waals surface area contributed by atoms with Crippen molar-refractivity contribution < 1.29 is 23.9 Å². The number of esters is 1. The van der Waals surface area contributed by atoms with Crippen LogP contribution in [0.3, 0.4) is 0 Å². The first-order valence-electron chi connectivity index (χ1n) is 10.8. The lowest BCUT2D eigenvalue weighted by molar-refractivity contribution is -0.144. The molecule has 8 nitrogen and oxygen atoms in total. The summed E-state index contributed by atoms with van der Waals surface area (Å²) in [6, 6.07) is 6.79. The van der Waals surface area contributed by atoms with Gasteiger partial charge in [0.1, 0.15) is 11.6 Å². The van der Waals surface area contributed by atoms with Crippen LogP contribution in [0.4, 0.5) is 16.2 Å². The number of carbonyl (C=O) groups excluding carboxylic acids is 3. The fourth-order valence-electron chi connectivity index (χ4n) is 3.84. The minimum absolute atomic E-state index is 0.177. The summed E-state index contributed by atoms with van der Waals surface area (Å²) in [6.07, 6.45) is 4.74. The molecule has 0 bridgehead atoms. The van der Waals surface area contributed by atoms with E-state index in [1.807, 2.05) is 18.2 Å². The van der Waals surface area contributed by atoms with Crippen LogP contribution in [0.2, 0.25) is 0 Å². The number of nitrogens with zero attached hydrogens (tertiary/aromatic N) is 1. The largest absolute Gasteiger partial charge is 0.467 e. The summed E-state index contributed by atoms with van der Waals surface area (Å²) < 4.78 is 10.3. The first kappa shape index (κ1) is 24.5. The molecule has 1 aromatic carbocycles. The minimum atomic E-state index is -0.820. The Morgan fingerprint density at radius 1 is 1.13 bits per heavy atom. The molecule has 0 aliphatic heterocycles. The quantitative estimate of drug-likeness (QED) is 0.634. The molecule has 1 aromatic rings. The molecule has 31 heavy (non-hydrogen) atoms. The van der Waals surface area contributed by atoms with Crippen molar-refractivity contribution in [3.05, 3.63) is 24.3 Å². The fraction of sp³-hybridized carbons (Fsp3) is 0.609. The summed E-state index contributed by atoms with van der Waals surface area (Å²) in [7, 11) is 1.31. The molecule has 0 radical (unpaired) electrons. The average Bonchev–Trinajstić information content (AvgIpc) is 2.70. The van der Waals surface area contributed by atoms with E-state index in [2.05, 4.69) is 15.5 Å². The van der Waals surface area contributed by atoms with E-state index in [-0.39, 0.29) is 18.5 Å². The van der Waals surface area contributed by atoms with Crippen molar-refractivity contribution in [2.45, 2.75) is 77.5 Å². The SMILES string of the molecule is COC(=O)[C@@H](CN(c1ccccc1NC(=O)OC(C)(C)C)C1CCCCC1)NC(C)=O. The standard InChI is InChI=1S/C23H35N3O5/c1-16(27)24-19(21(28)30-5)15-26(17-11-7-6-8-12-17)20-14-10-9-13-18(20)25-22(29)31-23(2,3)4/h9-10,13-14,17,19H,6-8,11-12,15H2,1-5H3,(H,24,27)(H,25,29)/t19-/m1/s1. The minimum Gasteiger partial charge on any atom is -0.467 e. The number of hydrogen-bond donors (Lipinski definition) is 2. The highest BCUT2D eigenvalue weighted by Gasteiger charge is 2.30. The number of rotatable bonds is 7. The van der Waals surface area contributed by atoms with Crippen molar-refractivity contribution in [2.75, 3.05) is 23.9 Å². The smallest absolute Gasteiger partial charge is 0.412 e. The summed E-state index contributed by atoms with van der Waals surface area (Å²) >= 11 is 0. The molecule has 2 amide bonds. The summed E-state index contributed by atoms with van der Waals surface area (Å²) in [5.41, 5.74) is 0.747. The van der Waals surface area contributed by atoms with Crippen LogP contribution in [0.1, 0.15) is 59.8 Å². The molecule has 1 atom stereocenters. The van der Waals surface area contributed by atoms with Gasteiger partial charge in [-0.1, -0.05) is 31.4 Å². The zero-order valence-corrected chi connectivity index (χ0v) is 19.2. The summed E-state index contributed by atoms with van der Waals surface area (Å²) in [5.74, 6) is -0.812. The third kappa shape index (κ3) is 7.77. The number of anilines is 2. The maximum atomic E-state index is 12.4. The van der Waals surface area contributed by atoms with Crippen molar-refractivity contribution in [3.63, 3.8) is 0 Å².